The maximum absolute atomic E-state index is 12.9. The van der Waals surface area contributed by atoms with E-state index in [4.69, 9.17) is 5.11 Å². The van der Waals surface area contributed by atoms with Gasteiger partial charge in [0.05, 0.1) is 11.1 Å². The van der Waals surface area contributed by atoms with E-state index in [-0.39, 0.29) is 11.7 Å². The summed E-state index contributed by atoms with van der Waals surface area (Å²) in [4.78, 5) is 10.8. The van der Waals surface area contributed by atoms with Crippen LogP contribution in [0.25, 0.3) is 0 Å². The van der Waals surface area contributed by atoms with Crippen LogP contribution in [0, 0.1) is 5.92 Å². The molecular weight excluding hydrogens is 271 g/mol. The van der Waals surface area contributed by atoms with Gasteiger partial charge in [0.25, 0.3) is 0 Å². The molecule has 2 unspecified atom stereocenters. The van der Waals surface area contributed by atoms with Crippen LogP contribution in [0.5, 0.6) is 0 Å². The van der Waals surface area contributed by atoms with Crippen LogP contribution in [-0.4, -0.2) is 17.1 Å². The molecule has 20 heavy (non-hydrogen) atoms. The molecule has 112 valence electrons. The number of halogens is 3. The first-order chi connectivity index (χ1) is 9.16. The minimum atomic E-state index is -4.69. The summed E-state index contributed by atoms with van der Waals surface area (Å²) in [5.74, 6) is -1.29. The highest BCUT2D eigenvalue weighted by Crippen LogP contribution is 2.34. The van der Waals surface area contributed by atoms with Crippen molar-refractivity contribution in [1.29, 1.82) is 0 Å². The van der Waals surface area contributed by atoms with Crippen molar-refractivity contribution in [2.24, 2.45) is 5.92 Å². The number of rotatable bonds is 5. The summed E-state index contributed by atoms with van der Waals surface area (Å²) in [5, 5.41) is 11.8. The standard InChI is InChI=1S/C14H18F3NO2/c1-4-8(2)9(3)18-10-5-6-11(13(19)20)12(7-10)14(15,16)17/h5-9,18H,4H2,1-3H3,(H,19,20). The number of alkyl halides is 3. The fraction of sp³-hybridized carbons (Fsp3) is 0.500. The lowest BCUT2D eigenvalue weighted by Crippen LogP contribution is -2.23. The van der Waals surface area contributed by atoms with Crippen molar-refractivity contribution in [1.82, 2.24) is 0 Å². The lowest BCUT2D eigenvalue weighted by molar-refractivity contribution is -0.138. The van der Waals surface area contributed by atoms with Crippen molar-refractivity contribution in [2.45, 2.75) is 39.4 Å². The first kappa shape index (κ1) is 16.3. The molecule has 1 aromatic carbocycles. The third-order valence-corrected chi connectivity index (χ3v) is 3.45. The summed E-state index contributed by atoms with van der Waals surface area (Å²) in [6.45, 7) is 5.87. The first-order valence-electron chi connectivity index (χ1n) is 6.37. The molecule has 1 rings (SSSR count). The molecule has 1 aromatic rings. The second-order valence-electron chi connectivity index (χ2n) is 4.88. The molecule has 0 heterocycles. The summed E-state index contributed by atoms with van der Waals surface area (Å²) >= 11 is 0. The van der Waals surface area contributed by atoms with Gasteiger partial charge in [-0.2, -0.15) is 13.2 Å². The Kier molecular flexibility index (Phi) is 5.03. The molecule has 2 atom stereocenters. The molecule has 3 nitrogen and oxygen atoms in total. The number of hydrogen-bond donors (Lipinski definition) is 2. The highest BCUT2D eigenvalue weighted by Gasteiger charge is 2.35. The van der Waals surface area contributed by atoms with Gasteiger partial charge in [0.15, 0.2) is 0 Å². The molecule has 0 saturated carbocycles. The van der Waals surface area contributed by atoms with Crippen LogP contribution in [0.1, 0.15) is 43.1 Å². The van der Waals surface area contributed by atoms with E-state index < -0.39 is 23.3 Å². The lowest BCUT2D eigenvalue weighted by Gasteiger charge is -2.22. The van der Waals surface area contributed by atoms with Gasteiger partial charge in [0.2, 0.25) is 0 Å². The summed E-state index contributed by atoms with van der Waals surface area (Å²) in [6.07, 6.45) is -3.79. The van der Waals surface area contributed by atoms with Crippen LogP contribution in [0.15, 0.2) is 18.2 Å². The number of carboxylic acid groups (broad SMARTS) is 1. The number of benzene rings is 1. The Bertz CT molecular complexity index is 486. The van der Waals surface area contributed by atoms with Crippen LogP contribution in [-0.2, 0) is 6.18 Å². The molecule has 0 amide bonds. The number of hydrogen-bond acceptors (Lipinski definition) is 2. The molecule has 6 heteroatoms. The summed E-state index contributed by atoms with van der Waals surface area (Å²) < 4.78 is 38.6. The molecule has 0 aliphatic heterocycles. The van der Waals surface area contributed by atoms with Gasteiger partial charge < -0.3 is 10.4 Å². The smallest absolute Gasteiger partial charge is 0.417 e. The van der Waals surface area contributed by atoms with E-state index in [2.05, 4.69) is 5.32 Å². The van der Waals surface area contributed by atoms with E-state index in [0.717, 1.165) is 18.6 Å². The molecule has 0 spiro atoms. The van der Waals surface area contributed by atoms with Crippen molar-refractivity contribution < 1.29 is 23.1 Å². The zero-order valence-electron chi connectivity index (χ0n) is 11.6. The molecule has 0 aromatic heterocycles. The van der Waals surface area contributed by atoms with Gasteiger partial charge in [-0.1, -0.05) is 20.3 Å². The normalized spacial score (nSPS) is 14.7. The van der Waals surface area contributed by atoms with Crippen LogP contribution < -0.4 is 5.32 Å². The van der Waals surface area contributed by atoms with Crippen molar-refractivity contribution in [3.63, 3.8) is 0 Å². The molecular formula is C14H18F3NO2. The summed E-state index contributed by atoms with van der Waals surface area (Å²) in [6, 6.07) is 3.19. The Balaban J connectivity index is 3.11. The van der Waals surface area contributed by atoms with Crippen LogP contribution in [0.4, 0.5) is 18.9 Å². The van der Waals surface area contributed by atoms with Gasteiger partial charge in [-0.25, -0.2) is 4.79 Å². The Morgan fingerprint density at radius 3 is 2.40 bits per heavy atom. The van der Waals surface area contributed by atoms with Crippen molar-refractivity contribution >= 4 is 11.7 Å². The number of carbonyl (C=O) groups is 1. The topological polar surface area (TPSA) is 49.3 Å². The molecule has 0 fully saturated rings. The summed E-state index contributed by atoms with van der Waals surface area (Å²) in [7, 11) is 0. The highest BCUT2D eigenvalue weighted by atomic mass is 19.4. The third kappa shape index (κ3) is 3.88. The Hall–Kier alpha value is -1.72. The minimum absolute atomic E-state index is 0.00300. The Labute approximate surface area is 115 Å². The van der Waals surface area contributed by atoms with Crippen LogP contribution in [0.2, 0.25) is 0 Å². The Morgan fingerprint density at radius 1 is 1.35 bits per heavy atom. The quantitative estimate of drug-likeness (QED) is 0.852. The van der Waals surface area contributed by atoms with Gasteiger partial charge >= 0.3 is 12.1 Å². The van der Waals surface area contributed by atoms with Crippen molar-refractivity contribution in [3.8, 4) is 0 Å². The average Bonchev–Trinajstić information content (AvgIpc) is 2.36. The van der Waals surface area contributed by atoms with E-state index in [1.807, 2.05) is 20.8 Å². The largest absolute Gasteiger partial charge is 0.478 e. The number of anilines is 1. The van der Waals surface area contributed by atoms with Crippen molar-refractivity contribution in [3.05, 3.63) is 29.3 Å². The molecule has 0 radical (unpaired) electrons. The van der Waals surface area contributed by atoms with E-state index in [1.54, 1.807) is 0 Å². The predicted octanol–water partition coefficient (Wildman–Crippen LogP) is 4.25. The number of nitrogens with one attached hydrogen (secondary N) is 1. The molecule has 0 saturated heterocycles. The van der Waals surface area contributed by atoms with E-state index in [1.165, 1.54) is 6.07 Å². The highest BCUT2D eigenvalue weighted by molar-refractivity contribution is 5.90. The SMILES string of the molecule is CCC(C)C(C)Nc1ccc(C(=O)O)c(C(F)(F)F)c1. The van der Waals surface area contributed by atoms with E-state index >= 15 is 0 Å². The predicted molar refractivity (Wildman–Crippen MR) is 70.9 cm³/mol. The zero-order valence-corrected chi connectivity index (χ0v) is 11.6. The minimum Gasteiger partial charge on any atom is -0.478 e. The first-order valence-corrected chi connectivity index (χ1v) is 6.37. The van der Waals surface area contributed by atoms with Gasteiger partial charge in [-0.05, 0) is 31.0 Å². The molecule has 0 aliphatic carbocycles. The fourth-order valence-corrected chi connectivity index (χ4v) is 1.81. The van der Waals surface area contributed by atoms with Crippen molar-refractivity contribution in [2.75, 3.05) is 5.32 Å². The van der Waals surface area contributed by atoms with E-state index in [0.29, 0.717) is 5.92 Å². The van der Waals surface area contributed by atoms with Crippen LogP contribution >= 0.6 is 0 Å². The molecule has 0 aliphatic rings. The second-order valence-corrected chi connectivity index (χ2v) is 4.88. The molecule has 2 N–H and O–H groups in total. The average molecular weight is 289 g/mol. The van der Waals surface area contributed by atoms with Crippen LogP contribution in [0.3, 0.4) is 0 Å². The number of carboxylic acids is 1. The molecule has 0 bridgehead atoms. The van der Waals surface area contributed by atoms with Gasteiger partial charge in [-0.15, -0.1) is 0 Å². The monoisotopic (exact) mass is 289 g/mol. The Morgan fingerprint density at radius 2 is 1.95 bits per heavy atom. The second kappa shape index (κ2) is 6.15. The summed E-state index contributed by atoms with van der Waals surface area (Å²) in [5.41, 5.74) is -1.60. The number of aromatic carboxylic acids is 1. The lowest BCUT2D eigenvalue weighted by atomic mass is 10.00. The van der Waals surface area contributed by atoms with E-state index in [9.17, 15) is 18.0 Å². The zero-order chi connectivity index (χ0) is 15.5. The van der Waals surface area contributed by atoms with Gasteiger partial charge in [-0.3, -0.25) is 0 Å². The van der Waals surface area contributed by atoms with Gasteiger partial charge in [0.1, 0.15) is 0 Å². The fourth-order valence-electron chi connectivity index (χ4n) is 1.81. The maximum Gasteiger partial charge on any atom is 0.417 e. The maximum atomic E-state index is 12.9. The van der Waals surface area contributed by atoms with Gasteiger partial charge in [0, 0.05) is 11.7 Å². The third-order valence-electron chi connectivity index (χ3n) is 3.45.